The van der Waals surface area contributed by atoms with Crippen molar-refractivity contribution in [2.45, 2.75) is 44.4 Å². The second-order valence-electron chi connectivity index (χ2n) is 8.62. The Labute approximate surface area is 205 Å². The molecule has 35 heavy (non-hydrogen) atoms. The molecule has 194 valence electrons. The second kappa shape index (κ2) is 12.6. The van der Waals surface area contributed by atoms with E-state index in [4.69, 9.17) is 13.7 Å². The summed E-state index contributed by atoms with van der Waals surface area (Å²) in [5, 5.41) is 0. The lowest BCUT2D eigenvalue weighted by Crippen LogP contribution is -2.31. The molecule has 2 aromatic carbocycles. The summed E-state index contributed by atoms with van der Waals surface area (Å²) in [6.07, 6.45) is 0.834. The lowest BCUT2D eigenvalue weighted by molar-refractivity contribution is -0.137. The predicted octanol–water partition coefficient (Wildman–Crippen LogP) is 5.45. The van der Waals surface area contributed by atoms with E-state index in [1.54, 1.807) is 24.3 Å². The summed E-state index contributed by atoms with van der Waals surface area (Å²) in [7, 11) is -3.63. The standard InChI is InChI=1S/C25H32F3NO5S/c1-35(30,31)33-19-14-24(34-23-12-8-21(9-13-23)25(26,27)28)20-6-10-22(11-7-20)32-18-5-17-29-15-3-2-4-16-29/h6-13,24H,2-5,14-19H2,1H3. The van der Waals surface area contributed by atoms with Gasteiger partial charge in [-0.2, -0.15) is 21.6 Å². The molecule has 1 aliphatic heterocycles. The number of hydrogen-bond acceptors (Lipinski definition) is 6. The third-order valence-corrected chi connectivity index (χ3v) is 6.32. The Morgan fingerprint density at radius 1 is 0.914 bits per heavy atom. The molecule has 10 heteroatoms. The summed E-state index contributed by atoms with van der Waals surface area (Å²) in [6.45, 7) is 3.79. The van der Waals surface area contributed by atoms with Gasteiger partial charge in [0.1, 0.15) is 17.6 Å². The maximum absolute atomic E-state index is 12.8. The summed E-state index contributed by atoms with van der Waals surface area (Å²) in [5.41, 5.74) is -0.0498. The molecule has 0 radical (unpaired) electrons. The van der Waals surface area contributed by atoms with Gasteiger partial charge < -0.3 is 14.4 Å². The van der Waals surface area contributed by atoms with Gasteiger partial charge in [-0.15, -0.1) is 0 Å². The Balaban J connectivity index is 1.59. The normalized spacial score (nSPS) is 16.1. The highest BCUT2D eigenvalue weighted by Gasteiger charge is 2.30. The molecule has 1 fully saturated rings. The van der Waals surface area contributed by atoms with Gasteiger partial charge in [-0.3, -0.25) is 4.18 Å². The molecule has 0 bridgehead atoms. The van der Waals surface area contributed by atoms with Crippen molar-refractivity contribution in [1.29, 1.82) is 0 Å². The van der Waals surface area contributed by atoms with Crippen LogP contribution in [0.2, 0.25) is 0 Å². The number of rotatable bonds is 12. The molecule has 0 spiro atoms. The number of hydrogen-bond donors (Lipinski definition) is 0. The minimum absolute atomic E-state index is 0.126. The van der Waals surface area contributed by atoms with Gasteiger partial charge in [-0.1, -0.05) is 18.6 Å². The molecule has 1 saturated heterocycles. The fourth-order valence-corrected chi connectivity index (χ4v) is 4.33. The monoisotopic (exact) mass is 515 g/mol. The molecule has 1 atom stereocenters. The molecule has 3 rings (SSSR count). The van der Waals surface area contributed by atoms with E-state index in [0.29, 0.717) is 12.4 Å². The maximum Gasteiger partial charge on any atom is 0.416 e. The molecule has 0 saturated carbocycles. The van der Waals surface area contributed by atoms with Crippen molar-refractivity contribution in [2.75, 3.05) is 39.1 Å². The van der Waals surface area contributed by atoms with Crippen LogP contribution in [0.1, 0.15) is 49.3 Å². The van der Waals surface area contributed by atoms with Crippen molar-refractivity contribution >= 4 is 10.1 Å². The first kappa shape index (κ1) is 27.3. The van der Waals surface area contributed by atoms with E-state index in [1.807, 2.05) is 0 Å². The Kier molecular flexibility index (Phi) is 9.82. The van der Waals surface area contributed by atoms with Crippen LogP contribution >= 0.6 is 0 Å². The van der Waals surface area contributed by atoms with E-state index in [2.05, 4.69) is 4.90 Å². The first-order chi connectivity index (χ1) is 16.6. The molecule has 6 nitrogen and oxygen atoms in total. The van der Waals surface area contributed by atoms with Crippen LogP contribution in [-0.4, -0.2) is 52.4 Å². The van der Waals surface area contributed by atoms with E-state index in [1.165, 1.54) is 31.4 Å². The molecular formula is C25H32F3NO5S. The zero-order valence-corrected chi connectivity index (χ0v) is 20.6. The highest BCUT2D eigenvalue weighted by atomic mass is 32.2. The smallest absolute Gasteiger partial charge is 0.416 e. The van der Waals surface area contributed by atoms with Crippen molar-refractivity contribution < 1.29 is 35.2 Å². The fourth-order valence-electron chi connectivity index (χ4n) is 3.93. The lowest BCUT2D eigenvalue weighted by Gasteiger charge is -2.26. The van der Waals surface area contributed by atoms with Crippen molar-refractivity contribution in [3.8, 4) is 11.5 Å². The van der Waals surface area contributed by atoms with Gasteiger partial charge in [0, 0.05) is 13.0 Å². The minimum atomic E-state index is -4.44. The third kappa shape index (κ3) is 9.70. The van der Waals surface area contributed by atoms with Crippen LogP contribution in [0.3, 0.4) is 0 Å². The summed E-state index contributed by atoms with van der Waals surface area (Å²) >= 11 is 0. The number of likely N-dealkylation sites (tertiary alicyclic amines) is 1. The van der Waals surface area contributed by atoms with Crippen LogP contribution < -0.4 is 9.47 Å². The molecular weight excluding hydrogens is 483 g/mol. The molecule has 0 amide bonds. The van der Waals surface area contributed by atoms with Crippen molar-refractivity contribution in [3.63, 3.8) is 0 Å². The first-order valence-corrected chi connectivity index (χ1v) is 13.6. The average molecular weight is 516 g/mol. The van der Waals surface area contributed by atoms with E-state index in [0.717, 1.165) is 50.0 Å². The van der Waals surface area contributed by atoms with Crippen LogP contribution in [0, 0.1) is 0 Å². The number of ether oxygens (including phenoxy) is 2. The van der Waals surface area contributed by atoms with Crippen LogP contribution in [0.4, 0.5) is 13.2 Å². The van der Waals surface area contributed by atoms with Crippen LogP contribution in [0.5, 0.6) is 11.5 Å². The van der Waals surface area contributed by atoms with Crippen molar-refractivity contribution in [2.24, 2.45) is 0 Å². The highest BCUT2D eigenvalue weighted by molar-refractivity contribution is 7.85. The van der Waals surface area contributed by atoms with E-state index >= 15 is 0 Å². The summed E-state index contributed by atoms with van der Waals surface area (Å²) in [6, 6.07) is 11.6. The molecule has 1 aliphatic rings. The van der Waals surface area contributed by atoms with Gasteiger partial charge in [-0.25, -0.2) is 0 Å². The number of piperidine rings is 1. The Morgan fingerprint density at radius 3 is 2.14 bits per heavy atom. The lowest BCUT2D eigenvalue weighted by atomic mass is 10.1. The molecule has 0 aliphatic carbocycles. The molecule has 0 N–H and O–H groups in total. The summed E-state index contributed by atoms with van der Waals surface area (Å²) in [5.74, 6) is 0.938. The number of nitrogens with zero attached hydrogens (tertiary/aromatic N) is 1. The van der Waals surface area contributed by atoms with E-state index in [9.17, 15) is 21.6 Å². The summed E-state index contributed by atoms with van der Waals surface area (Å²) in [4.78, 5) is 2.46. The van der Waals surface area contributed by atoms with Crippen molar-refractivity contribution in [1.82, 2.24) is 4.90 Å². The van der Waals surface area contributed by atoms with E-state index < -0.39 is 28.0 Å². The van der Waals surface area contributed by atoms with Gasteiger partial charge in [0.05, 0.1) is 25.0 Å². The topological polar surface area (TPSA) is 65.1 Å². The third-order valence-electron chi connectivity index (χ3n) is 5.73. The molecule has 1 unspecified atom stereocenters. The van der Waals surface area contributed by atoms with Gasteiger partial charge in [0.2, 0.25) is 0 Å². The van der Waals surface area contributed by atoms with Crippen LogP contribution in [0.15, 0.2) is 48.5 Å². The molecule has 0 aromatic heterocycles. The molecule has 1 heterocycles. The second-order valence-corrected chi connectivity index (χ2v) is 10.3. The van der Waals surface area contributed by atoms with Gasteiger partial charge in [-0.05, 0) is 74.3 Å². The number of benzene rings is 2. The highest BCUT2D eigenvalue weighted by Crippen LogP contribution is 2.32. The van der Waals surface area contributed by atoms with Gasteiger partial charge in [0.15, 0.2) is 0 Å². The molecule has 2 aromatic rings. The largest absolute Gasteiger partial charge is 0.494 e. The van der Waals surface area contributed by atoms with Crippen LogP contribution in [0.25, 0.3) is 0 Å². The van der Waals surface area contributed by atoms with Gasteiger partial charge in [0.25, 0.3) is 10.1 Å². The SMILES string of the molecule is CS(=O)(=O)OCCC(Oc1ccc(C(F)(F)F)cc1)c1ccc(OCCCN2CCCCC2)cc1. The van der Waals surface area contributed by atoms with Crippen LogP contribution in [-0.2, 0) is 20.5 Å². The van der Waals surface area contributed by atoms with Gasteiger partial charge >= 0.3 is 6.18 Å². The predicted molar refractivity (Wildman–Crippen MR) is 127 cm³/mol. The zero-order chi connectivity index (χ0) is 25.3. The quantitative estimate of drug-likeness (QED) is 0.277. The van der Waals surface area contributed by atoms with E-state index in [-0.39, 0.29) is 18.8 Å². The minimum Gasteiger partial charge on any atom is -0.494 e. The Bertz CT molecular complexity index is 1000. The zero-order valence-electron chi connectivity index (χ0n) is 19.8. The maximum atomic E-state index is 12.8. The average Bonchev–Trinajstić information content (AvgIpc) is 2.81. The summed E-state index contributed by atoms with van der Waals surface area (Å²) < 4.78 is 77.7. The Hall–Kier alpha value is -2.30. The fraction of sp³-hybridized carbons (Fsp3) is 0.520. The number of alkyl halides is 3. The number of halogens is 3. The first-order valence-electron chi connectivity index (χ1n) is 11.7. The van der Waals surface area contributed by atoms with Crippen molar-refractivity contribution in [3.05, 3.63) is 59.7 Å². The Morgan fingerprint density at radius 2 is 1.54 bits per heavy atom.